The molecule has 0 saturated carbocycles. The Labute approximate surface area is 268 Å². The number of fused-ring (bicyclic) bond motifs is 2. The fraction of sp³-hybridized carbons (Fsp3) is 0.333. The van der Waals surface area contributed by atoms with Crippen molar-refractivity contribution in [1.82, 2.24) is 0 Å². The molecule has 0 N–H and O–H groups in total. The van der Waals surface area contributed by atoms with Gasteiger partial charge in [-0.25, -0.2) is 0 Å². The molecule has 0 bridgehead atoms. The van der Waals surface area contributed by atoms with Crippen LogP contribution in [-0.4, -0.2) is 5.49 Å². The van der Waals surface area contributed by atoms with Gasteiger partial charge in [0.05, 0.1) is 0 Å². The van der Waals surface area contributed by atoms with Gasteiger partial charge < -0.3 is 0 Å². The normalized spacial score (nSPS) is 17.5. The number of rotatable bonds is 6. The van der Waals surface area contributed by atoms with E-state index < -0.39 is 22.6 Å². The third-order valence-corrected chi connectivity index (χ3v) is 70.1. The van der Waals surface area contributed by atoms with Crippen LogP contribution >= 0.6 is 0 Å². The second kappa shape index (κ2) is 11.4. The van der Waals surface area contributed by atoms with Crippen LogP contribution in [0, 0.1) is 27.7 Å². The van der Waals surface area contributed by atoms with Crippen LogP contribution in [0.2, 0.25) is 20.4 Å². The van der Waals surface area contributed by atoms with Crippen molar-refractivity contribution in [2.24, 2.45) is 0 Å². The molecule has 44 heavy (non-hydrogen) atoms. The van der Waals surface area contributed by atoms with Gasteiger partial charge in [0.1, 0.15) is 0 Å². The number of hydrogen-bond donors (Lipinski definition) is 0. The van der Waals surface area contributed by atoms with E-state index in [0.29, 0.717) is 7.35 Å². The van der Waals surface area contributed by atoms with Gasteiger partial charge in [0.25, 0.3) is 0 Å². The average Bonchev–Trinajstić information content (AvgIpc) is 3.61. The van der Waals surface area contributed by atoms with Gasteiger partial charge in [-0.3, -0.25) is 0 Å². The molecule has 0 aliphatic heterocycles. The minimum absolute atomic E-state index is 0.538. The Hall–Kier alpha value is -2.55. The first-order valence-corrected chi connectivity index (χ1v) is 35.0. The quantitative estimate of drug-likeness (QED) is 0.172. The van der Waals surface area contributed by atoms with Crippen molar-refractivity contribution in [1.29, 1.82) is 0 Å². The third kappa shape index (κ3) is 4.87. The summed E-state index contributed by atoms with van der Waals surface area (Å²) in [5, 5.41) is 0. The van der Waals surface area contributed by atoms with Gasteiger partial charge in [-0.15, -0.1) is 0 Å². The Balaban J connectivity index is 1.62. The zero-order valence-electron chi connectivity index (χ0n) is 28.5. The molecule has 6 rings (SSSR count). The topological polar surface area (TPSA) is 0 Å². The van der Waals surface area contributed by atoms with E-state index >= 15 is 0 Å². The Morgan fingerprint density at radius 1 is 0.545 bits per heavy atom. The molecule has 0 radical (unpaired) electrons. The van der Waals surface area contributed by atoms with Gasteiger partial charge in [-0.2, -0.15) is 0 Å². The van der Waals surface area contributed by atoms with Crippen molar-refractivity contribution in [3.8, 4) is 22.3 Å². The molecule has 0 saturated heterocycles. The molecule has 2 unspecified atom stereocenters. The van der Waals surface area contributed by atoms with E-state index in [2.05, 4.69) is 162 Å². The molecule has 2 aliphatic rings. The first-order chi connectivity index (χ1) is 20.8. The van der Waals surface area contributed by atoms with Gasteiger partial charge >= 0.3 is 270 Å². The molecule has 0 spiro atoms. The van der Waals surface area contributed by atoms with Crippen LogP contribution < -0.4 is 0 Å². The summed E-state index contributed by atoms with van der Waals surface area (Å²) in [5.74, 6) is 0. The average molecular weight is 761 g/mol. The summed E-state index contributed by atoms with van der Waals surface area (Å²) < 4.78 is 6.87. The molecule has 2 aliphatic carbocycles. The van der Waals surface area contributed by atoms with Gasteiger partial charge in [0.15, 0.2) is 0 Å². The molecule has 0 nitrogen and oxygen atoms in total. The van der Waals surface area contributed by atoms with Crippen LogP contribution in [0.5, 0.6) is 0 Å². The van der Waals surface area contributed by atoms with E-state index in [1.165, 1.54) is 55.6 Å². The van der Waals surface area contributed by atoms with Crippen molar-refractivity contribution in [3.63, 3.8) is 0 Å². The van der Waals surface area contributed by atoms with E-state index in [4.69, 9.17) is 0 Å². The summed E-state index contributed by atoms with van der Waals surface area (Å²) in [5.41, 5.74) is 17.8. The zero-order valence-corrected chi connectivity index (χ0v) is 33.1. The van der Waals surface area contributed by atoms with E-state index in [-0.39, 0.29) is 0 Å². The summed E-state index contributed by atoms with van der Waals surface area (Å²) in [4.78, 5) is 0. The standard InChI is InChI=1S/2C17H15.C6H14Si.2CH3.Hf/c2*1-12-9-10-13(2)17(11-12)16-8-4-6-14-5-3-7-15(14)16;1-5(2)7-6(3)4;;;/h2*3-11H,1-2H3;5-6H,1-4H3;2*1H3;. The Kier molecular flexibility index (Phi) is 8.11. The maximum absolute atomic E-state index is 3.97. The predicted octanol–water partition coefficient (Wildman–Crippen LogP) is 12.7. The van der Waals surface area contributed by atoms with Crippen molar-refractivity contribution in [3.05, 3.63) is 129 Å². The Morgan fingerprint density at radius 3 is 1.34 bits per heavy atom. The van der Waals surface area contributed by atoms with Crippen LogP contribution in [0.4, 0.5) is 0 Å². The van der Waals surface area contributed by atoms with Gasteiger partial charge in [-0.1, -0.05) is 0 Å². The molecular formula is C42H50HfSi. The number of benzene rings is 4. The van der Waals surface area contributed by atoms with Crippen LogP contribution in [0.1, 0.15) is 79.6 Å². The monoisotopic (exact) mass is 762 g/mol. The van der Waals surface area contributed by atoms with Crippen molar-refractivity contribution < 1.29 is 17.1 Å². The van der Waals surface area contributed by atoms with E-state index in [9.17, 15) is 0 Å². The molecule has 0 aromatic heterocycles. The summed E-state index contributed by atoms with van der Waals surface area (Å²) in [6.45, 7) is 19.2. The van der Waals surface area contributed by atoms with Gasteiger partial charge in [-0.05, 0) is 0 Å². The molecule has 0 fully saturated rings. The van der Waals surface area contributed by atoms with Crippen LogP contribution in [-0.2, 0) is 17.1 Å². The predicted molar refractivity (Wildman–Crippen MR) is 194 cm³/mol. The Bertz CT molecular complexity index is 1790. The number of aryl methyl sites for hydroxylation is 4. The van der Waals surface area contributed by atoms with Crippen molar-refractivity contribution in [2.45, 2.75) is 83.2 Å². The van der Waals surface area contributed by atoms with Crippen molar-refractivity contribution >= 4 is 17.6 Å². The second-order valence-corrected chi connectivity index (χ2v) is 60.9. The SMILES string of the molecule is Cc1ccc(C)c(-c2cccc3c2C=C[CH]3[Hf]([CH3])([CH3])([CH]2C=Cc3c(-c4cc(C)ccc4C)cccc32)=[Si](C(C)C)C(C)C)c1. The maximum atomic E-state index is 2.90. The van der Waals surface area contributed by atoms with E-state index in [1.54, 1.807) is 11.1 Å². The van der Waals surface area contributed by atoms with E-state index in [1.807, 2.05) is 0 Å². The Morgan fingerprint density at radius 2 is 0.955 bits per heavy atom. The van der Waals surface area contributed by atoms with Crippen LogP contribution in [0.25, 0.3) is 34.4 Å². The zero-order chi connectivity index (χ0) is 31.6. The van der Waals surface area contributed by atoms with Crippen LogP contribution in [0.15, 0.2) is 84.9 Å². The molecular weight excluding hydrogens is 711 g/mol. The first kappa shape index (κ1) is 31.4. The number of allylic oxidation sites excluding steroid dienone is 2. The molecule has 4 aromatic rings. The fourth-order valence-electron chi connectivity index (χ4n) is 9.78. The molecule has 0 heterocycles. The summed E-state index contributed by atoms with van der Waals surface area (Å²) in [6.07, 6.45) is 10.4. The molecule has 0 amide bonds. The molecule has 2 heteroatoms. The third-order valence-electron chi connectivity index (χ3n) is 11.3. The van der Waals surface area contributed by atoms with Gasteiger partial charge in [0, 0.05) is 0 Å². The van der Waals surface area contributed by atoms with Crippen molar-refractivity contribution in [2.75, 3.05) is 0 Å². The minimum atomic E-state index is -3.97. The summed E-state index contributed by atoms with van der Waals surface area (Å²) in [7, 11) is 0. The van der Waals surface area contributed by atoms with Gasteiger partial charge in [0.2, 0.25) is 0 Å². The molecule has 2 atom stereocenters. The molecule has 226 valence electrons. The fourth-order valence-corrected chi connectivity index (χ4v) is 81.6. The summed E-state index contributed by atoms with van der Waals surface area (Å²) in [6, 6.07) is 28.2. The number of hydrogen-bond acceptors (Lipinski definition) is 0. The summed E-state index contributed by atoms with van der Waals surface area (Å²) >= 11 is -3.97. The van der Waals surface area contributed by atoms with Crippen LogP contribution in [0.3, 0.4) is 0 Å². The first-order valence-electron chi connectivity index (χ1n) is 16.7. The van der Waals surface area contributed by atoms with E-state index in [0.717, 1.165) is 11.1 Å². The molecule has 4 aromatic carbocycles. The second-order valence-electron chi connectivity index (χ2n) is 15.3.